The van der Waals surface area contributed by atoms with Crippen molar-refractivity contribution in [2.45, 2.75) is 32.9 Å². The van der Waals surface area contributed by atoms with Crippen LogP contribution in [0.1, 0.15) is 42.3 Å². The van der Waals surface area contributed by atoms with Gasteiger partial charge in [-0.15, -0.1) is 0 Å². The second-order valence-electron chi connectivity index (χ2n) is 6.48. The first-order valence-electron chi connectivity index (χ1n) is 7.98. The molecule has 0 aromatic heterocycles. The van der Waals surface area contributed by atoms with Crippen LogP contribution in [0, 0.1) is 6.92 Å². The molecule has 24 heavy (non-hydrogen) atoms. The van der Waals surface area contributed by atoms with Crippen LogP contribution >= 0.6 is 7.60 Å². The van der Waals surface area contributed by atoms with E-state index < -0.39 is 18.7 Å². The van der Waals surface area contributed by atoms with Gasteiger partial charge in [-0.3, -0.25) is 4.52 Å². The summed E-state index contributed by atoms with van der Waals surface area (Å²) in [6.45, 7) is 7.57. The first kappa shape index (κ1) is 16.9. The lowest BCUT2D eigenvalue weighted by Crippen LogP contribution is -2.30. The smallest absolute Gasteiger partial charge is 0.387 e. The predicted octanol–water partition coefficient (Wildman–Crippen LogP) is 5.30. The first-order valence-corrected chi connectivity index (χ1v) is 9.53. The minimum atomic E-state index is -3.55. The largest absolute Gasteiger partial charge is 0.391 e. The highest BCUT2D eigenvalue weighted by molar-refractivity contribution is 7.55. The second kappa shape index (κ2) is 5.87. The zero-order chi connectivity index (χ0) is 17.5. The number of hydrogen-bond acceptors (Lipinski definition) is 4. The van der Waals surface area contributed by atoms with Crippen molar-refractivity contribution in [1.82, 2.24) is 0 Å². The maximum Gasteiger partial charge on any atom is 0.391 e. The van der Waals surface area contributed by atoms with Crippen molar-refractivity contribution >= 4 is 13.6 Å². The Morgan fingerprint density at radius 1 is 1.12 bits per heavy atom. The lowest BCUT2D eigenvalue weighted by molar-refractivity contribution is 0.0665. The van der Waals surface area contributed by atoms with Crippen LogP contribution in [0.25, 0.3) is 11.1 Å². The highest BCUT2D eigenvalue weighted by Gasteiger charge is 2.52. The molecule has 0 saturated heterocycles. The fourth-order valence-corrected chi connectivity index (χ4v) is 4.78. The lowest BCUT2D eigenvalue weighted by atomic mass is 9.92. The molecule has 0 spiro atoms. The van der Waals surface area contributed by atoms with Crippen molar-refractivity contribution in [1.29, 1.82) is 0 Å². The van der Waals surface area contributed by atoms with Crippen LogP contribution in [0.3, 0.4) is 0 Å². The van der Waals surface area contributed by atoms with E-state index in [1.807, 2.05) is 43.3 Å². The summed E-state index contributed by atoms with van der Waals surface area (Å²) >= 11 is 0. The molecule has 0 fully saturated rings. The van der Waals surface area contributed by atoms with Gasteiger partial charge in [-0.2, -0.15) is 0 Å². The standard InChI is InChI=1S/C19H21O4P/c1-5-22-24(21)19(3,4)17-10-9-15(12-16(17)18(20)23-24)14-8-6-7-13(2)11-14/h6-12H,5H2,1-4H3. The van der Waals surface area contributed by atoms with E-state index in [0.717, 1.165) is 16.7 Å². The van der Waals surface area contributed by atoms with Gasteiger partial charge in [-0.1, -0.05) is 42.0 Å². The fourth-order valence-electron chi connectivity index (χ4n) is 3.03. The molecule has 2 aromatic rings. The van der Waals surface area contributed by atoms with Crippen molar-refractivity contribution in [3.8, 4) is 11.1 Å². The van der Waals surface area contributed by atoms with E-state index in [-0.39, 0.29) is 6.61 Å². The maximum absolute atomic E-state index is 13.0. The molecule has 126 valence electrons. The minimum Gasteiger partial charge on any atom is -0.387 e. The summed E-state index contributed by atoms with van der Waals surface area (Å²) in [5.74, 6) is -0.587. The molecule has 0 saturated carbocycles. The second-order valence-corrected chi connectivity index (χ2v) is 9.04. The van der Waals surface area contributed by atoms with Gasteiger partial charge in [0.15, 0.2) is 0 Å². The third-order valence-electron chi connectivity index (χ3n) is 4.44. The van der Waals surface area contributed by atoms with Crippen LogP contribution in [-0.2, 0) is 18.8 Å². The summed E-state index contributed by atoms with van der Waals surface area (Å²) in [6.07, 6.45) is 0. The number of rotatable bonds is 3. The molecule has 0 aliphatic carbocycles. The Balaban J connectivity index is 2.13. The molecule has 5 heteroatoms. The summed E-state index contributed by atoms with van der Waals surface area (Å²) in [6, 6.07) is 13.7. The van der Waals surface area contributed by atoms with Gasteiger partial charge in [0.1, 0.15) is 5.16 Å². The van der Waals surface area contributed by atoms with Gasteiger partial charge in [-0.25, -0.2) is 9.36 Å². The van der Waals surface area contributed by atoms with E-state index in [4.69, 9.17) is 9.05 Å². The molecule has 2 aromatic carbocycles. The minimum absolute atomic E-state index is 0.227. The van der Waals surface area contributed by atoms with Gasteiger partial charge < -0.3 is 4.52 Å². The zero-order valence-electron chi connectivity index (χ0n) is 14.3. The quantitative estimate of drug-likeness (QED) is 0.709. The predicted molar refractivity (Wildman–Crippen MR) is 94.3 cm³/mol. The molecule has 4 nitrogen and oxygen atoms in total. The van der Waals surface area contributed by atoms with E-state index in [9.17, 15) is 9.36 Å². The molecule has 1 aliphatic heterocycles. The van der Waals surface area contributed by atoms with E-state index in [1.165, 1.54) is 0 Å². The van der Waals surface area contributed by atoms with Crippen molar-refractivity contribution in [3.63, 3.8) is 0 Å². The molecule has 0 N–H and O–H groups in total. The Morgan fingerprint density at radius 3 is 2.50 bits per heavy atom. The number of benzene rings is 2. The summed E-state index contributed by atoms with van der Waals surface area (Å²) in [5.41, 5.74) is 4.26. The fraction of sp³-hybridized carbons (Fsp3) is 0.316. The van der Waals surface area contributed by atoms with Gasteiger partial charge in [0.05, 0.1) is 12.2 Å². The summed E-state index contributed by atoms with van der Waals surface area (Å²) in [5, 5.41) is -0.878. The van der Waals surface area contributed by atoms with Gasteiger partial charge in [0.25, 0.3) is 0 Å². The first-order chi connectivity index (χ1) is 11.3. The highest BCUT2D eigenvalue weighted by atomic mass is 31.2. The summed E-state index contributed by atoms with van der Waals surface area (Å²) in [4.78, 5) is 12.4. The molecule has 1 heterocycles. The average molecular weight is 344 g/mol. The van der Waals surface area contributed by atoms with Crippen LogP contribution in [0.15, 0.2) is 42.5 Å². The van der Waals surface area contributed by atoms with Crippen molar-refractivity contribution in [2.75, 3.05) is 6.61 Å². The molecule has 0 bridgehead atoms. The molecule has 0 amide bonds. The van der Waals surface area contributed by atoms with E-state index in [2.05, 4.69) is 6.07 Å². The summed E-state index contributed by atoms with van der Waals surface area (Å²) in [7, 11) is -3.55. The Hall–Kier alpha value is -1.90. The highest BCUT2D eigenvalue weighted by Crippen LogP contribution is 2.67. The van der Waals surface area contributed by atoms with Crippen LogP contribution in [0.4, 0.5) is 0 Å². The van der Waals surface area contributed by atoms with Gasteiger partial charge in [-0.05, 0) is 50.5 Å². The Morgan fingerprint density at radius 2 is 1.83 bits per heavy atom. The number of hydrogen-bond donors (Lipinski definition) is 0. The van der Waals surface area contributed by atoms with Crippen molar-refractivity contribution < 1.29 is 18.4 Å². The molecule has 3 rings (SSSR count). The third-order valence-corrected chi connectivity index (χ3v) is 7.05. The third kappa shape index (κ3) is 2.60. The topological polar surface area (TPSA) is 52.6 Å². The SMILES string of the molecule is CCOP1(=O)OC(=O)c2cc(-c3cccc(C)c3)ccc2C1(C)C. The Labute approximate surface area is 142 Å². The van der Waals surface area contributed by atoms with Crippen LogP contribution < -0.4 is 0 Å². The molecule has 1 aliphatic rings. The van der Waals surface area contributed by atoms with E-state index >= 15 is 0 Å². The number of carbonyl (C=O) groups excluding carboxylic acids is 1. The molecular formula is C19H21O4P. The van der Waals surface area contributed by atoms with Gasteiger partial charge in [0.2, 0.25) is 0 Å². The van der Waals surface area contributed by atoms with Crippen LogP contribution in [0.2, 0.25) is 0 Å². The number of carbonyl (C=O) groups is 1. The molecule has 1 unspecified atom stereocenters. The van der Waals surface area contributed by atoms with Crippen molar-refractivity contribution in [2.24, 2.45) is 0 Å². The van der Waals surface area contributed by atoms with Crippen LogP contribution in [0.5, 0.6) is 0 Å². The van der Waals surface area contributed by atoms with Crippen molar-refractivity contribution in [3.05, 3.63) is 59.2 Å². The Bertz CT molecular complexity index is 854. The Kier molecular flexibility index (Phi) is 4.15. The zero-order valence-corrected chi connectivity index (χ0v) is 15.2. The van der Waals surface area contributed by atoms with Gasteiger partial charge >= 0.3 is 13.6 Å². The molecule has 1 atom stereocenters. The molecular weight excluding hydrogens is 323 g/mol. The maximum atomic E-state index is 13.0. The summed E-state index contributed by atoms with van der Waals surface area (Å²) < 4.78 is 23.6. The lowest BCUT2D eigenvalue weighted by Gasteiger charge is -2.37. The normalized spacial score (nSPS) is 21.9. The van der Waals surface area contributed by atoms with E-state index in [1.54, 1.807) is 20.8 Å². The molecule has 0 radical (unpaired) electrons. The number of fused-ring (bicyclic) bond motifs is 1. The number of aryl methyl sites for hydroxylation is 1. The monoisotopic (exact) mass is 344 g/mol. The van der Waals surface area contributed by atoms with E-state index in [0.29, 0.717) is 11.1 Å². The van der Waals surface area contributed by atoms with Crippen LogP contribution in [-0.4, -0.2) is 12.6 Å². The van der Waals surface area contributed by atoms with Gasteiger partial charge in [0, 0.05) is 0 Å². The average Bonchev–Trinajstić information content (AvgIpc) is 2.53.